The lowest BCUT2D eigenvalue weighted by atomic mass is 10.3. The van der Waals surface area contributed by atoms with Gasteiger partial charge in [0.05, 0.1) is 4.88 Å². The Balaban J connectivity index is 2.24. The van der Waals surface area contributed by atoms with E-state index in [1.54, 1.807) is 11.3 Å². The van der Waals surface area contributed by atoms with Crippen LogP contribution in [0.3, 0.4) is 0 Å². The summed E-state index contributed by atoms with van der Waals surface area (Å²) in [6.07, 6.45) is 3.97. The zero-order valence-corrected chi connectivity index (χ0v) is 8.53. The molecule has 0 spiro atoms. The van der Waals surface area contributed by atoms with Gasteiger partial charge in [0, 0.05) is 25.5 Å². The maximum atomic E-state index is 4.48. The summed E-state index contributed by atoms with van der Waals surface area (Å²) >= 11 is 1.72. The van der Waals surface area contributed by atoms with Crippen molar-refractivity contribution in [1.29, 1.82) is 0 Å². The minimum Gasteiger partial charge on any atom is -0.334 e. The number of fused-ring (bicyclic) bond motifs is 1. The molecule has 0 aliphatic rings. The van der Waals surface area contributed by atoms with Gasteiger partial charge in [0.15, 0.2) is 0 Å². The van der Waals surface area contributed by atoms with Crippen molar-refractivity contribution in [2.45, 2.75) is 0 Å². The topological polar surface area (TPSA) is 22.2 Å². The molecule has 3 rings (SSSR count). The molecule has 4 heteroatoms. The van der Waals surface area contributed by atoms with Gasteiger partial charge in [-0.3, -0.25) is 0 Å². The van der Waals surface area contributed by atoms with E-state index in [9.17, 15) is 0 Å². The van der Waals surface area contributed by atoms with Gasteiger partial charge >= 0.3 is 0 Å². The second-order valence-corrected chi connectivity index (χ2v) is 4.17. The number of aryl methyl sites for hydroxylation is 1. The molecule has 0 aromatic carbocycles. The van der Waals surface area contributed by atoms with Crippen molar-refractivity contribution in [2.75, 3.05) is 0 Å². The molecule has 3 nitrogen and oxygen atoms in total. The number of thiophene rings is 1. The summed E-state index contributed by atoms with van der Waals surface area (Å²) in [7, 11) is 2.02. The van der Waals surface area contributed by atoms with E-state index in [2.05, 4.69) is 27.2 Å². The molecule has 0 atom stereocenters. The summed E-state index contributed by atoms with van der Waals surface area (Å²) in [5, 5.41) is 6.55. The van der Waals surface area contributed by atoms with Crippen molar-refractivity contribution in [3.05, 3.63) is 36.0 Å². The van der Waals surface area contributed by atoms with Crippen molar-refractivity contribution < 1.29 is 0 Å². The van der Waals surface area contributed by atoms with Crippen LogP contribution in [0, 0.1) is 0 Å². The number of imidazole rings is 1. The van der Waals surface area contributed by atoms with Gasteiger partial charge in [0.25, 0.3) is 0 Å². The van der Waals surface area contributed by atoms with Gasteiger partial charge in [-0.25, -0.2) is 4.52 Å². The Kier molecular flexibility index (Phi) is 1.52. The van der Waals surface area contributed by atoms with Crippen LogP contribution in [0.4, 0.5) is 0 Å². The SMILES string of the molecule is Cn1ccn2nc(-c3cccs3)cc12. The normalized spacial score (nSPS) is 11.2. The second kappa shape index (κ2) is 2.72. The molecule has 0 bridgehead atoms. The molecule has 3 aromatic rings. The van der Waals surface area contributed by atoms with E-state index in [4.69, 9.17) is 0 Å². The third-order valence-corrected chi connectivity index (χ3v) is 3.17. The van der Waals surface area contributed by atoms with Crippen LogP contribution in [-0.2, 0) is 7.05 Å². The average Bonchev–Trinajstić information content (AvgIpc) is 2.83. The summed E-state index contributed by atoms with van der Waals surface area (Å²) in [6, 6.07) is 6.24. The molecule has 0 saturated heterocycles. The fraction of sp³-hybridized carbons (Fsp3) is 0.100. The Labute approximate surface area is 85.2 Å². The highest BCUT2D eigenvalue weighted by molar-refractivity contribution is 7.13. The van der Waals surface area contributed by atoms with Crippen LogP contribution in [0.5, 0.6) is 0 Å². The first-order valence-corrected chi connectivity index (χ1v) is 5.27. The number of rotatable bonds is 1. The molecule has 0 amide bonds. The van der Waals surface area contributed by atoms with Gasteiger partial charge < -0.3 is 4.57 Å². The number of hydrogen-bond acceptors (Lipinski definition) is 2. The minimum absolute atomic E-state index is 1.05. The standard InChI is InChI=1S/C10H9N3S/c1-12-4-5-13-10(12)7-8(11-13)9-3-2-6-14-9/h2-7H,1H3. The van der Waals surface area contributed by atoms with E-state index >= 15 is 0 Å². The fourth-order valence-corrected chi connectivity index (χ4v) is 2.22. The molecule has 0 aliphatic carbocycles. The van der Waals surface area contributed by atoms with Crippen molar-refractivity contribution >= 4 is 17.0 Å². The maximum absolute atomic E-state index is 4.48. The van der Waals surface area contributed by atoms with Crippen LogP contribution in [0.15, 0.2) is 36.0 Å². The van der Waals surface area contributed by atoms with E-state index in [0.29, 0.717) is 0 Å². The number of nitrogens with zero attached hydrogens (tertiary/aromatic N) is 3. The molecule has 0 N–H and O–H groups in total. The lowest BCUT2D eigenvalue weighted by molar-refractivity contribution is 0.930. The maximum Gasteiger partial charge on any atom is 0.136 e. The predicted molar refractivity (Wildman–Crippen MR) is 57.5 cm³/mol. The highest BCUT2D eigenvalue weighted by Crippen LogP contribution is 2.24. The predicted octanol–water partition coefficient (Wildman–Crippen LogP) is 2.40. The third kappa shape index (κ3) is 1.01. The molecule has 0 radical (unpaired) electrons. The molecule has 70 valence electrons. The number of aromatic nitrogens is 3. The zero-order valence-electron chi connectivity index (χ0n) is 7.71. The second-order valence-electron chi connectivity index (χ2n) is 3.22. The summed E-state index contributed by atoms with van der Waals surface area (Å²) in [6.45, 7) is 0. The van der Waals surface area contributed by atoms with Gasteiger partial charge in [-0.1, -0.05) is 6.07 Å². The Morgan fingerprint density at radius 1 is 1.36 bits per heavy atom. The summed E-state index contributed by atoms with van der Waals surface area (Å²) in [5.41, 5.74) is 2.17. The van der Waals surface area contributed by atoms with Crippen molar-refractivity contribution in [2.24, 2.45) is 7.05 Å². The first-order chi connectivity index (χ1) is 6.84. The Morgan fingerprint density at radius 2 is 2.29 bits per heavy atom. The van der Waals surface area contributed by atoms with E-state index < -0.39 is 0 Å². The highest BCUT2D eigenvalue weighted by Gasteiger charge is 2.06. The highest BCUT2D eigenvalue weighted by atomic mass is 32.1. The van der Waals surface area contributed by atoms with Gasteiger partial charge in [-0.2, -0.15) is 5.10 Å². The van der Waals surface area contributed by atoms with Crippen molar-refractivity contribution in [1.82, 2.24) is 14.2 Å². The van der Waals surface area contributed by atoms with Crippen LogP contribution in [0.1, 0.15) is 0 Å². The molecular formula is C10H9N3S. The van der Waals surface area contributed by atoms with E-state index in [1.165, 1.54) is 4.88 Å². The van der Waals surface area contributed by atoms with Crippen LogP contribution >= 0.6 is 11.3 Å². The Bertz CT molecular complexity index is 559. The molecule has 0 unspecified atom stereocenters. The smallest absolute Gasteiger partial charge is 0.136 e. The van der Waals surface area contributed by atoms with Gasteiger partial charge in [-0.05, 0) is 11.4 Å². The summed E-state index contributed by atoms with van der Waals surface area (Å²) in [5.74, 6) is 0. The quantitative estimate of drug-likeness (QED) is 0.595. The molecule has 3 aromatic heterocycles. The molecule has 0 fully saturated rings. The molecule has 0 saturated carbocycles. The van der Waals surface area contributed by atoms with Crippen LogP contribution in [0.2, 0.25) is 0 Å². The van der Waals surface area contributed by atoms with Crippen molar-refractivity contribution in [3.8, 4) is 10.6 Å². The monoisotopic (exact) mass is 203 g/mol. The van der Waals surface area contributed by atoms with Crippen LogP contribution in [-0.4, -0.2) is 14.2 Å². The molecule has 14 heavy (non-hydrogen) atoms. The van der Waals surface area contributed by atoms with Crippen LogP contribution < -0.4 is 0 Å². The lowest BCUT2D eigenvalue weighted by Gasteiger charge is -1.87. The first kappa shape index (κ1) is 7.82. The molecular weight excluding hydrogens is 194 g/mol. The van der Waals surface area contributed by atoms with E-state index in [-0.39, 0.29) is 0 Å². The summed E-state index contributed by atoms with van der Waals surface area (Å²) in [4.78, 5) is 1.22. The number of hydrogen-bond donors (Lipinski definition) is 0. The van der Waals surface area contributed by atoms with Crippen molar-refractivity contribution in [3.63, 3.8) is 0 Å². The van der Waals surface area contributed by atoms with Gasteiger partial charge in [-0.15, -0.1) is 11.3 Å². The fourth-order valence-electron chi connectivity index (χ4n) is 1.54. The Hall–Kier alpha value is -1.55. The summed E-state index contributed by atoms with van der Waals surface area (Å²) < 4.78 is 3.96. The lowest BCUT2D eigenvalue weighted by Crippen LogP contribution is -1.84. The Morgan fingerprint density at radius 3 is 3.00 bits per heavy atom. The minimum atomic E-state index is 1.05. The zero-order chi connectivity index (χ0) is 9.54. The largest absolute Gasteiger partial charge is 0.334 e. The van der Waals surface area contributed by atoms with Gasteiger partial charge in [0.1, 0.15) is 11.3 Å². The van der Waals surface area contributed by atoms with Crippen LogP contribution in [0.25, 0.3) is 16.2 Å². The third-order valence-electron chi connectivity index (χ3n) is 2.28. The molecule has 0 aliphatic heterocycles. The first-order valence-electron chi connectivity index (χ1n) is 4.39. The average molecular weight is 203 g/mol. The molecule has 3 heterocycles. The van der Waals surface area contributed by atoms with E-state index in [0.717, 1.165) is 11.3 Å². The van der Waals surface area contributed by atoms with Gasteiger partial charge in [0.2, 0.25) is 0 Å². The van der Waals surface area contributed by atoms with E-state index in [1.807, 2.05) is 30.0 Å².